The highest BCUT2D eigenvalue weighted by Crippen LogP contribution is 2.48. The number of hydrogen-bond acceptors (Lipinski definition) is 23. The first-order chi connectivity index (χ1) is 45.3. The molecule has 14 rings (SSSR count). The molecule has 0 aromatic heterocycles. The Morgan fingerprint density at radius 3 is 1.71 bits per heavy atom. The molecule has 1 saturated heterocycles. The number of aromatic hydroxyl groups is 6. The molecule has 0 unspecified atom stereocenters. The van der Waals surface area contributed by atoms with Crippen molar-refractivity contribution in [2.75, 3.05) is 7.11 Å². The second-order valence-corrected chi connectivity index (χ2v) is 23.3. The molecule has 18 N–H and O–H groups in total. The molecule has 29 nitrogen and oxygen atoms in total. The number of nitrogens with one attached hydrogen (secondary N) is 6. The van der Waals surface area contributed by atoms with Gasteiger partial charge in [-0.05, 0) is 126 Å². The fourth-order valence-electron chi connectivity index (χ4n) is 11.9. The zero-order valence-corrected chi connectivity index (χ0v) is 50.3. The summed E-state index contributed by atoms with van der Waals surface area (Å²) >= 11 is 0. The van der Waals surface area contributed by atoms with Crippen LogP contribution in [0.2, 0.25) is 0 Å². The van der Waals surface area contributed by atoms with E-state index in [2.05, 4.69) is 31.9 Å². The van der Waals surface area contributed by atoms with Crippen LogP contribution in [0.4, 0.5) is 0 Å². The summed E-state index contributed by atoms with van der Waals surface area (Å²) < 4.78 is 36.6. The monoisotopic (exact) mass is 1300 g/mol. The molecule has 1 fully saturated rings. The summed E-state index contributed by atoms with van der Waals surface area (Å²) in [6.07, 6.45) is -7.32. The van der Waals surface area contributed by atoms with Gasteiger partial charge in [0, 0.05) is 40.8 Å². The minimum atomic E-state index is -2.17. The second kappa shape index (κ2) is 25.4. The lowest BCUT2D eigenvalue weighted by atomic mass is 9.89. The van der Waals surface area contributed by atoms with Crippen molar-refractivity contribution >= 4 is 41.4 Å². The zero-order chi connectivity index (χ0) is 67.6. The molecular weight excluding hydrogens is 1240 g/mol. The predicted octanol–water partition coefficient (Wildman–Crippen LogP) is 3.41. The molecule has 7 aliphatic heterocycles. The van der Waals surface area contributed by atoms with Gasteiger partial charge in [-0.2, -0.15) is 0 Å². The molecule has 13 atom stereocenters. The number of benzene rings is 7. The molecule has 0 spiro atoms. The van der Waals surface area contributed by atoms with Crippen LogP contribution in [-0.2, 0) is 47.8 Å². The average Bonchev–Trinajstić information content (AvgIpc) is 0.784. The van der Waals surface area contributed by atoms with Crippen molar-refractivity contribution in [3.63, 3.8) is 0 Å². The molecule has 17 bridgehead atoms. The van der Waals surface area contributed by atoms with Gasteiger partial charge in [-0.1, -0.05) is 36.4 Å². The summed E-state index contributed by atoms with van der Waals surface area (Å²) in [6, 6.07) is 9.44. The molecule has 0 radical (unpaired) electrons. The predicted molar refractivity (Wildman–Crippen MR) is 327 cm³/mol. The Morgan fingerprint density at radius 2 is 1.06 bits per heavy atom. The first kappa shape index (κ1) is 63.9. The SMILES string of the molecule is COC(=O)[C@H]1NC(=O)[C@H]2NC(=O)[C@H](NC(=O)[C@@H]3NC(=O)[C@H]4NC(=O)[C@H](NC(=O)[C@H](N)c5ccc(O)c(c5)Oc5cc4cc(O)c5C)[C@H](O)c4ccc(cc4)Oc4cc3cc(c4O)Oc3ccc(cc3)[C@H]2O[C@H]2C[C@@H](N)[C@@H](O)[C@H](C)O2)c2ccc(O)c(c2)-c2c(O)cc(O)cc21. The van der Waals surface area contributed by atoms with Crippen LogP contribution in [0.5, 0.6) is 69.0 Å². The third-order valence-corrected chi connectivity index (χ3v) is 17.1. The highest BCUT2D eigenvalue weighted by atomic mass is 16.7. The number of aliphatic hydroxyl groups is 2. The van der Waals surface area contributed by atoms with Crippen molar-refractivity contribution < 1.29 is 103 Å². The maximum atomic E-state index is 16.0. The number of phenolic OH excluding ortho intramolecular Hbond substituents is 6. The molecule has 492 valence electrons. The Balaban J connectivity index is 1.08. The third kappa shape index (κ3) is 12.4. The van der Waals surface area contributed by atoms with Crippen LogP contribution in [0.25, 0.3) is 11.1 Å². The number of aliphatic hydroxyl groups excluding tert-OH is 2. The van der Waals surface area contributed by atoms with Gasteiger partial charge in [0.25, 0.3) is 0 Å². The first-order valence-electron chi connectivity index (χ1n) is 29.6. The molecule has 7 aromatic rings. The fraction of sp³-hybridized carbons (Fsp3) is 0.258. The van der Waals surface area contributed by atoms with E-state index in [9.17, 15) is 50.4 Å². The van der Waals surface area contributed by atoms with E-state index in [1.165, 1.54) is 92.7 Å². The molecule has 29 heteroatoms. The number of phenols is 6. The van der Waals surface area contributed by atoms with E-state index in [0.717, 1.165) is 49.6 Å². The van der Waals surface area contributed by atoms with Gasteiger partial charge in [0.15, 0.2) is 35.3 Å². The number of hydrogen-bond donors (Lipinski definition) is 16. The van der Waals surface area contributed by atoms with Gasteiger partial charge < -0.3 is 113 Å². The number of esters is 1. The molecule has 95 heavy (non-hydrogen) atoms. The number of methoxy groups -OCH3 is 1. The maximum Gasteiger partial charge on any atom is 0.333 e. The van der Waals surface area contributed by atoms with Crippen molar-refractivity contribution in [3.05, 3.63) is 166 Å². The van der Waals surface area contributed by atoms with E-state index in [-0.39, 0.29) is 79.5 Å². The van der Waals surface area contributed by atoms with Crippen molar-refractivity contribution in [2.45, 2.75) is 99.3 Å². The lowest BCUT2D eigenvalue weighted by Gasteiger charge is -2.39. The molecule has 0 saturated carbocycles. The number of fused-ring (bicyclic) bond motifs is 14. The van der Waals surface area contributed by atoms with Crippen LogP contribution in [0, 0.1) is 6.92 Å². The number of rotatable bonds is 3. The topological polar surface area (TPSA) is 461 Å². The Morgan fingerprint density at radius 1 is 0.526 bits per heavy atom. The molecular formula is C66H62N8O21. The first-order valence-corrected chi connectivity index (χ1v) is 29.6. The summed E-state index contributed by atoms with van der Waals surface area (Å²) in [5.41, 5.74) is 11.1. The van der Waals surface area contributed by atoms with Gasteiger partial charge in [-0.25, -0.2) is 4.79 Å². The largest absolute Gasteiger partial charge is 0.508 e. The number of ether oxygens (including phenoxy) is 6. The average molecular weight is 1300 g/mol. The Labute approximate surface area is 538 Å². The zero-order valence-electron chi connectivity index (χ0n) is 50.3. The van der Waals surface area contributed by atoms with Crippen LogP contribution in [0.1, 0.15) is 100 Å². The third-order valence-electron chi connectivity index (χ3n) is 17.1. The lowest BCUT2D eigenvalue weighted by Crippen LogP contribution is -2.57. The minimum absolute atomic E-state index is 0.00324. The van der Waals surface area contributed by atoms with Gasteiger partial charge in [-0.3, -0.25) is 28.8 Å². The quantitative estimate of drug-likeness (QED) is 0.113. The van der Waals surface area contributed by atoms with E-state index in [0.29, 0.717) is 0 Å². The Kier molecular flexibility index (Phi) is 17.1. The summed E-state index contributed by atoms with van der Waals surface area (Å²) in [4.78, 5) is 106. The van der Waals surface area contributed by atoms with Crippen LogP contribution in [0.3, 0.4) is 0 Å². The maximum absolute atomic E-state index is 16.0. The summed E-state index contributed by atoms with van der Waals surface area (Å²) in [7, 11) is 0.985. The van der Waals surface area contributed by atoms with Gasteiger partial charge in [0.2, 0.25) is 41.2 Å². The summed E-state index contributed by atoms with van der Waals surface area (Å²) in [5, 5.41) is 108. The number of carbonyl (C=O) groups excluding carboxylic acids is 7. The second-order valence-electron chi connectivity index (χ2n) is 23.3. The van der Waals surface area contributed by atoms with Gasteiger partial charge in [0.05, 0.1) is 19.3 Å². The normalized spacial score (nSPS) is 25.8. The fourth-order valence-corrected chi connectivity index (χ4v) is 11.9. The Hall–Kier alpha value is -11.2. The smallest absolute Gasteiger partial charge is 0.333 e. The summed E-state index contributed by atoms with van der Waals surface area (Å²) in [6.45, 7) is 2.94. The van der Waals surface area contributed by atoms with E-state index in [4.69, 9.17) is 39.9 Å². The Bertz CT molecular complexity index is 4270. The molecule has 7 aromatic carbocycles. The number of amides is 6. The van der Waals surface area contributed by atoms with Crippen molar-refractivity contribution in [1.29, 1.82) is 0 Å². The molecule has 7 heterocycles. The van der Waals surface area contributed by atoms with Gasteiger partial charge >= 0.3 is 5.97 Å². The molecule has 6 amide bonds. The van der Waals surface area contributed by atoms with E-state index < -0.39 is 172 Å². The van der Waals surface area contributed by atoms with Crippen LogP contribution in [-0.4, -0.2) is 126 Å². The van der Waals surface area contributed by atoms with E-state index in [1.807, 2.05) is 0 Å². The highest BCUT2D eigenvalue weighted by molar-refractivity contribution is 6.00. The molecule has 7 aliphatic rings. The van der Waals surface area contributed by atoms with Crippen molar-refractivity contribution in [3.8, 4) is 80.1 Å². The number of nitrogens with two attached hydrogens (primary N) is 2. The van der Waals surface area contributed by atoms with E-state index >= 15 is 24.0 Å². The molecule has 0 aliphatic carbocycles. The summed E-state index contributed by atoms with van der Waals surface area (Å²) in [5.74, 6) is -13.8. The van der Waals surface area contributed by atoms with Crippen molar-refractivity contribution in [1.82, 2.24) is 31.9 Å². The van der Waals surface area contributed by atoms with Gasteiger partial charge in [0.1, 0.15) is 88.7 Å². The van der Waals surface area contributed by atoms with Crippen LogP contribution < -0.4 is 57.6 Å². The van der Waals surface area contributed by atoms with Crippen LogP contribution in [0.15, 0.2) is 121 Å². The lowest BCUT2D eigenvalue weighted by molar-refractivity contribution is -0.243. The van der Waals surface area contributed by atoms with Crippen LogP contribution >= 0.6 is 0 Å². The number of carbonyl (C=O) groups is 7. The standard InChI is InChI=1S/C66H62N8O21/c1-25-41(78)17-31-19-43(25)94-44-18-29(8-15-40(44)77)49(68)60(83)73-54-57(81)27-4-10-34(11-5-27)92-45-20-32-21-46(58(45)82)93-35-12-6-28(7-13-35)59(95-47-24-38(67)56(80)26(2)91-47)55-65(88)72-53(66(89)90-3)37-22-33(75)23-42(79)48(37)36-16-30(9-14-39(36)76)50(61(84)74-55)69-63(86)52(32)70-62(85)51(31)71-64(54)87/h4-23,26,38,47,49-57,59,75-82H,24,67-68H2,1-3H3,(H,69,86)(H,70,85)(H,71,87)(H,72,88)(H,73,83)(H,74,84)/t26-,38+,47-,49+,50+,51-,52+,53-,54+,55-,56-,57+,59+/m0/s1. The van der Waals surface area contributed by atoms with E-state index in [1.54, 1.807) is 0 Å². The highest BCUT2D eigenvalue weighted by Gasteiger charge is 2.45. The van der Waals surface area contributed by atoms with Crippen molar-refractivity contribution in [2.24, 2.45) is 11.5 Å². The minimum Gasteiger partial charge on any atom is -0.508 e. The van der Waals surface area contributed by atoms with Gasteiger partial charge in [-0.15, -0.1) is 0 Å².